The number of aliphatic hydroxyl groups is 1. The number of carbonyl (C=O) groups is 1. The number of aromatic nitrogens is 2. The van der Waals surface area contributed by atoms with Crippen LogP contribution in [0.25, 0.3) is 0 Å². The molecule has 1 N–H and O–H groups in total. The first-order valence-corrected chi connectivity index (χ1v) is 11.0. The van der Waals surface area contributed by atoms with E-state index in [1.807, 2.05) is 11.2 Å². The minimum Gasteiger partial charge on any atom is -0.396 e. The Labute approximate surface area is 166 Å². The van der Waals surface area contributed by atoms with Crippen molar-refractivity contribution in [3.63, 3.8) is 0 Å². The minimum absolute atomic E-state index is 0.0217. The zero-order valence-electron chi connectivity index (χ0n) is 16.4. The molecular formula is C19H31N5O2S. The number of nitrogens with zero attached hydrogens (tertiary/aromatic N) is 5. The molecule has 2 unspecified atom stereocenters. The van der Waals surface area contributed by atoms with Crippen LogP contribution in [0, 0.1) is 5.92 Å². The van der Waals surface area contributed by atoms with Gasteiger partial charge in [0.25, 0.3) is 5.91 Å². The van der Waals surface area contributed by atoms with Gasteiger partial charge in [-0.2, -0.15) is 0 Å². The molecule has 3 heterocycles. The van der Waals surface area contributed by atoms with Gasteiger partial charge in [-0.3, -0.25) is 9.69 Å². The molecule has 0 aromatic carbocycles. The van der Waals surface area contributed by atoms with Crippen LogP contribution >= 0.6 is 11.8 Å². The van der Waals surface area contributed by atoms with Gasteiger partial charge in [-0.15, -0.1) is 0 Å². The Morgan fingerprint density at radius 2 is 1.93 bits per heavy atom. The van der Waals surface area contributed by atoms with Crippen molar-refractivity contribution in [2.75, 3.05) is 59.2 Å². The monoisotopic (exact) mass is 393 g/mol. The second-order valence-corrected chi connectivity index (χ2v) is 8.30. The smallest absolute Gasteiger partial charge is 0.257 e. The van der Waals surface area contributed by atoms with Crippen LogP contribution < -0.4 is 0 Å². The van der Waals surface area contributed by atoms with Crippen molar-refractivity contribution in [1.29, 1.82) is 0 Å². The summed E-state index contributed by atoms with van der Waals surface area (Å²) in [6.45, 7) is 6.12. The van der Waals surface area contributed by atoms with E-state index in [0.717, 1.165) is 58.5 Å². The first kappa shape index (κ1) is 20.5. The molecule has 0 aliphatic carbocycles. The maximum atomic E-state index is 12.9. The third-order valence-corrected chi connectivity index (χ3v) is 6.35. The van der Waals surface area contributed by atoms with Crippen LogP contribution in [0.1, 0.15) is 29.6 Å². The Bertz CT molecular complexity index is 607. The molecule has 2 fully saturated rings. The van der Waals surface area contributed by atoms with Crippen LogP contribution in [0.2, 0.25) is 0 Å². The summed E-state index contributed by atoms with van der Waals surface area (Å²) in [5, 5.41) is 9.99. The second kappa shape index (κ2) is 9.82. The van der Waals surface area contributed by atoms with Crippen molar-refractivity contribution in [2.24, 2.45) is 5.92 Å². The van der Waals surface area contributed by atoms with Gasteiger partial charge >= 0.3 is 0 Å². The van der Waals surface area contributed by atoms with Crippen LogP contribution in [-0.4, -0.2) is 101 Å². The van der Waals surface area contributed by atoms with Crippen LogP contribution in [0.3, 0.4) is 0 Å². The van der Waals surface area contributed by atoms with Gasteiger partial charge in [-0.05, 0) is 38.5 Å². The summed E-state index contributed by atoms with van der Waals surface area (Å²) < 4.78 is 0. The summed E-state index contributed by atoms with van der Waals surface area (Å²) >= 11 is 1.47. The predicted molar refractivity (Wildman–Crippen MR) is 107 cm³/mol. The number of piperidine rings is 1. The molecule has 8 heteroatoms. The fourth-order valence-electron chi connectivity index (χ4n) is 4.19. The number of likely N-dealkylation sites (N-methyl/N-ethyl adjacent to an activating group) is 1. The molecule has 0 saturated carbocycles. The zero-order valence-corrected chi connectivity index (χ0v) is 17.2. The first-order valence-electron chi connectivity index (χ1n) is 9.81. The van der Waals surface area contributed by atoms with E-state index in [-0.39, 0.29) is 12.5 Å². The summed E-state index contributed by atoms with van der Waals surface area (Å²) in [7, 11) is 2.17. The molecule has 0 spiro atoms. The Morgan fingerprint density at radius 3 is 2.56 bits per heavy atom. The fraction of sp³-hybridized carbons (Fsp3) is 0.737. The lowest BCUT2D eigenvalue weighted by atomic mass is 9.86. The summed E-state index contributed by atoms with van der Waals surface area (Å²) in [4.78, 5) is 28.3. The number of hydrogen-bond donors (Lipinski definition) is 1. The number of carbonyl (C=O) groups excluding carboxylic acids is 1. The Kier molecular flexibility index (Phi) is 7.46. The van der Waals surface area contributed by atoms with E-state index in [9.17, 15) is 9.90 Å². The molecule has 2 aliphatic rings. The topological polar surface area (TPSA) is 72.8 Å². The van der Waals surface area contributed by atoms with Crippen LogP contribution in [0.15, 0.2) is 17.6 Å². The molecule has 7 nitrogen and oxygen atoms in total. The molecular weight excluding hydrogens is 362 g/mol. The number of rotatable bonds is 6. The lowest BCUT2D eigenvalue weighted by Crippen LogP contribution is -2.56. The summed E-state index contributed by atoms with van der Waals surface area (Å²) in [5.74, 6) is 0.429. The van der Waals surface area contributed by atoms with Gasteiger partial charge in [-0.25, -0.2) is 9.97 Å². The number of thioether (sulfide) groups is 1. The van der Waals surface area contributed by atoms with Crippen molar-refractivity contribution in [3.05, 3.63) is 18.0 Å². The normalized spacial score (nSPS) is 24.9. The van der Waals surface area contributed by atoms with Gasteiger partial charge in [0.05, 0.1) is 5.56 Å². The van der Waals surface area contributed by atoms with Crippen molar-refractivity contribution < 1.29 is 9.90 Å². The van der Waals surface area contributed by atoms with E-state index >= 15 is 0 Å². The van der Waals surface area contributed by atoms with Gasteiger partial charge in [0.1, 0.15) is 0 Å². The quantitative estimate of drug-likeness (QED) is 0.572. The standard InChI is InChI=1S/C19H31N5O2S/c1-22-7-9-23(10-8-22)17-5-6-24(14-15(17)4-3-11-25)18(26)16-12-20-19(27-2)21-13-16/h12-13,15,17,25H,3-11,14H2,1-2H3. The van der Waals surface area contributed by atoms with Crippen molar-refractivity contribution >= 4 is 17.7 Å². The van der Waals surface area contributed by atoms with Crippen molar-refractivity contribution in [3.8, 4) is 0 Å². The third-order valence-electron chi connectivity index (χ3n) is 5.78. The number of hydrogen-bond acceptors (Lipinski definition) is 7. The van der Waals surface area contributed by atoms with Crippen LogP contribution in [0.4, 0.5) is 0 Å². The molecule has 1 amide bonds. The van der Waals surface area contributed by atoms with E-state index in [0.29, 0.717) is 22.7 Å². The number of amides is 1. The number of likely N-dealkylation sites (tertiary alicyclic amines) is 1. The molecule has 0 bridgehead atoms. The average Bonchev–Trinajstić information content (AvgIpc) is 2.72. The van der Waals surface area contributed by atoms with E-state index in [2.05, 4.69) is 26.8 Å². The minimum atomic E-state index is 0.0217. The second-order valence-electron chi connectivity index (χ2n) is 7.53. The highest BCUT2D eigenvalue weighted by atomic mass is 32.2. The van der Waals surface area contributed by atoms with E-state index in [1.54, 1.807) is 12.4 Å². The Morgan fingerprint density at radius 1 is 1.22 bits per heavy atom. The lowest BCUT2D eigenvalue weighted by Gasteiger charge is -2.46. The first-order chi connectivity index (χ1) is 13.1. The maximum Gasteiger partial charge on any atom is 0.257 e. The highest BCUT2D eigenvalue weighted by Gasteiger charge is 2.35. The molecule has 2 atom stereocenters. The van der Waals surface area contributed by atoms with Crippen LogP contribution in [-0.2, 0) is 0 Å². The van der Waals surface area contributed by atoms with Gasteiger partial charge in [-0.1, -0.05) is 11.8 Å². The van der Waals surface area contributed by atoms with Gasteiger partial charge < -0.3 is 14.9 Å². The van der Waals surface area contributed by atoms with E-state index in [1.165, 1.54) is 11.8 Å². The van der Waals surface area contributed by atoms with E-state index in [4.69, 9.17) is 0 Å². The highest BCUT2D eigenvalue weighted by molar-refractivity contribution is 7.98. The number of piperazine rings is 1. The van der Waals surface area contributed by atoms with Crippen molar-refractivity contribution in [2.45, 2.75) is 30.5 Å². The molecule has 27 heavy (non-hydrogen) atoms. The van der Waals surface area contributed by atoms with Gasteiger partial charge in [0, 0.05) is 64.3 Å². The predicted octanol–water partition coefficient (Wildman–Crippen LogP) is 1.05. The largest absolute Gasteiger partial charge is 0.396 e. The summed E-state index contributed by atoms with van der Waals surface area (Å²) in [6, 6.07) is 0.504. The molecule has 2 saturated heterocycles. The SMILES string of the molecule is CSc1ncc(C(=O)N2CCC(N3CCN(C)CC3)C(CCCO)C2)cn1. The molecule has 1 aromatic rings. The average molecular weight is 394 g/mol. The molecule has 0 radical (unpaired) electrons. The molecule has 150 valence electrons. The fourth-order valence-corrected chi connectivity index (χ4v) is 4.51. The summed E-state index contributed by atoms with van der Waals surface area (Å²) in [6.07, 6.45) is 7.94. The highest BCUT2D eigenvalue weighted by Crippen LogP contribution is 2.28. The Balaban J connectivity index is 1.66. The van der Waals surface area contributed by atoms with Crippen molar-refractivity contribution in [1.82, 2.24) is 24.7 Å². The molecule has 3 rings (SSSR count). The van der Waals surface area contributed by atoms with Crippen LogP contribution in [0.5, 0.6) is 0 Å². The van der Waals surface area contributed by atoms with E-state index < -0.39 is 0 Å². The Hall–Kier alpha value is -1.22. The lowest BCUT2D eigenvalue weighted by molar-refractivity contribution is 0.0217. The third kappa shape index (κ3) is 5.19. The molecule has 2 aliphatic heterocycles. The zero-order chi connectivity index (χ0) is 19.2. The maximum absolute atomic E-state index is 12.9. The summed E-state index contributed by atoms with van der Waals surface area (Å²) in [5.41, 5.74) is 0.562. The molecule has 1 aromatic heterocycles. The number of aliphatic hydroxyl groups excluding tert-OH is 1. The van der Waals surface area contributed by atoms with Gasteiger partial charge in [0.2, 0.25) is 0 Å². The van der Waals surface area contributed by atoms with Gasteiger partial charge in [0.15, 0.2) is 5.16 Å².